The van der Waals surface area contributed by atoms with Crippen LogP contribution in [0.1, 0.15) is 18.0 Å². The smallest absolute Gasteiger partial charge is 0.119 e. The van der Waals surface area contributed by atoms with E-state index in [1.54, 1.807) is 7.11 Å². The van der Waals surface area contributed by atoms with E-state index in [2.05, 4.69) is 28.6 Å². The van der Waals surface area contributed by atoms with E-state index in [0.717, 1.165) is 12.3 Å². The molecule has 1 fully saturated rings. The van der Waals surface area contributed by atoms with Crippen LogP contribution in [0.3, 0.4) is 0 Å². The van der Waals surface area contributed by atoms with Gasteiger partial charge in [0, 0.05) is 23.1 Å². The molecule has 1 aliphatic rings. The molecule has 0 unspecified atom stereocenters. The molecule has 78 valence electrons. The standard InChI is InChI=1S/C12H14N2O/c1-15-8-2-3-11-9(6-8)10(7-14-11)12-4-5-13-12/h2-3,6-7,12-14H,4-5H2,1H3/t12-/m1/s1. The minimum absolute atomic E-state index is 0.519. The van der Waals surface area contributed by atoms with Crippen molar-refractivity contribution in [2.45, 2.75) is 12.5 Å². The zero-order valence-electron chi connectivity index (χ0n) is 8.71. The lowest BCUT2D eigenvalue weighted by atomic mass is 9.97. The lowest BCUT2D eigenvalue weighted by Gasteiger charge is -2.27. The molecule has 3 heteroatoms. The van der Waals surface area contributed by atoms with Crippen LogP contribution in [-0.2, 0) is 0 Å². The summed E-state index contributed by atoms with van der Waals surface area (Å²) in [5.41, 5.74) is 2.54. The number of aromatic amines is 1. The highest BCUT2D eigenvalue weighted by Crippen LogP contribution is 2.31. The molecule has 3 nitrogen and oxygen atoms in total. The van der Waals surface area contributed by atoms with Crippen LogP contribution in [0, 0.1) is 0 Å². The van der Waals surface area contributed by atoms with Gasteiger partial charge in [-0.15, -0.1) is 0 Å². The number of rotatable bonds is 2. The predicted molar refractivity (Wildman–Crippen MR) is 60.2 cm³/mol. The molecule has 0 radical (unpaired) electrons. The van der Waals surface area contributed by atoms with Crippen LogP contribution in [-0.4, -0.2) is 18.6 Å². The number of fused-ring (bicyclic) bond motifs is 1. The van der Waals surface area contributed by atoms with Crippen molar-refractivity contribution < 1.29 is 4.74 Å². The minimum Gasteiger partial charge on any atom is -0.497 e. The molecule has 2 heterocycles. The van der Waals surface area contributed by atoms with Crippen molar-refractivity contribution in [3.05, 3.63) is 30.0 Å². The molecule has 3 rings (SSSR count). The first-order valence-corrected chi connectivity index (χ1v) is 5.27. The van der Waals surface area contributed by atoms with E-state index < -0.39 is 0 Å². The first-order valence-electron chi connectivity index (χ1n) is 5.27. The summed E-state index contributed by atoms with van der Waals surface area (Å²) in [6.07, 6.45) is 3.32. The molecule has 1 atom stereocenters. The Balaban J connectivity index is 2.13. The van der Waals surface area contributed by atoms with Crippen LogP contribution in [0.5, 0.6) is 5.75 Å². The Bertz CT molecular complexity index is 485. The Hall–Kier alpha value is -1.48. The number of aromatic nitrogens is 1. The van der Waals surface area contributed by atoms with E-state index in [1.807, 2.05) is 6.07 Å². The maximum atomic E-state index is 5.24. The van der Waals surface area contributed by atoms with E-state index in [4.69, 9.17) is 4.74 Å². The quantitative estimate of drug-likeness (QED) is 0.783. The van der Waals surface area contributed by atoms with Crippen LogP contribution >= 0.6 is 0 Å². The van der Waals surface area contributed by atoms with Crippen molar-refractivity contribution in [3.8, 4) is 5.75 Å². The van der Waals surface area contributed by atoms with Gasteiger partial charge in [0.15, 0.2) is 0 Å². The number of hydrogen-bond donors (Lipinski definition) is 2. The molecule has 0 bridgehead atoms. The molecule has 2 aromatic rings. The van der Waals surface area contributed by atoms with Gasteiger partial charge in [-0.2, -0.15) is 0 Å². The highest BCUT2D eigenvalue weighted by atomic mass is 16.5. The first kappa shape index (κ1) is 8.80. The monoisotopic (exact) mass is 202 g/mol. The zero-order valence-corrected chi connectivity index (χ0v) is 8.71. The lowest BCUT2D eigenvalue weighted by molar-refractivity contribution is 0.385. The Labute approximate surface area is 88.4 Å². The normalized spacial score (nSPS) is 20.2. The highest BCUT2D eigenvalue weighted by Gasteiger charge is 2.21. The van der Waals surface area contributed by atoms with Gasteiger partial charge in [-0.05, 0) is 36.7 Å². The second-order valence-corrected chi connectivity index (χ2v) is 3.95. The molecule has 1 aliphatic heterocycles. The summed E-state index contributed by atoms with van der Waals surface area (Å²) in [5, 5.41) is 4.69. The van der Waals surface area contributed by atoms with Gasteiger partial charge in [-0.1, -0.05) is 0 Å². The average molecular weight is 202 g/mol. The number of methoxy groups -OCH3 is 1. The van der Waals surface area contributed by atoms with Crippen molar-refractivity contribution in [2.24, 2.45) is 0 Å². The molecule has 15 heavy (non-hydrogen) atoms. The summed E-state index contributed by atoms with van der Waals surface area (Å²) in [5.74, 6) is 0.919. The number of benzene rings is 1. The Kier molecular flexibility index (Phi) is 1.92. The molecule has 1 aromatic heterocycles. The van der Waals surface area contributed by atoms with Crippen LogP contribution < -0.4 is 10.1 Å². The van der Waals surface area contributed by atoms with Gasteiger partial charge in [0.25, 0.3) is 0 Å². The summed E-state index contributed by atoms with van der Waals surface area (Å²) < 4.78 is 5.24. The van der Waals surface area contributed by atoms with Gasteiger partial charge < -0.3 is 15.0 Å². The first-order chi connectivity index (χ1) is 7.38. The molecule has 2 N–H and O–H groups in total. The van der Waals surface area contributed by atoms with E-state index >= 15 is 0 Å². The molecule has 0 aliphatic carbocycles. The van der Waals surface area contributed by atoms with Gasteiger partial charge in [0.2, 0.25) is 0 Å². The molecular weight excluding hydrogens is 188 g/mol. The Morgan fingerprint density at radius 1 is 1.40 bits per heavy atom. The van der Waals surface area contributed by atoms with E-state index in [-0.39, 0.29) is 0 Å². The second-order valence-electron chi connectivity index (χ2n) is 3.95. The number of nitrogens with one attached hydrogen (secondary N) is 2. The fourth-order valence-corrected chi connectivity index (χ4v) is 2.09. The Morgan fingerprint density at radius 2 is 2.27 bits per heavy atom. The summed E-state index contributed by atoms with van der Waals surface area (Å²) in [6.45, 7) is 1.13. The average Bonchev–Trinajstić information content (AvgIpc) is 2.59. The molecule has 1 aromatic carbocycles. The van der Waals surface area contributed by atoms with Gasteiger partial charge >= 0.3 is 0 Å². The molecule has 0 saturated carbocycles. The van der Waals surface area contributed by atoms with Crippen molar-refractivity contribution in [3.63, 3.8) is 0 Å². The molecule has 0 spiro atoms. The number of ether oxygens (including phenoxy) is 1. The third kappa shape index (κ3) is 1.31. The number of H-pyrrole nitrogens is 1. The lowest BCUT2D eigenvalue weighted by Crippen LogP contribution is -2.34. The summed E-state index contributed by atoms with van der Waals surface area (Å²) >= 11 is 0. The van der Waals surface area contributed by atoms with Crippen LogP contribution in [0.4, 0.5) is 0 Å². The molecule has 1 saturated heterocycles. The van der Waals surface area contributed by atoms with Crippen LogP contribution in [0.2, 0.25) is 0 Å². The molecular formula is C12H14N2O. The van der Waals surface area contributed by atoms with Gasteiger partial charge in [0.05, 0.1) is 7.11 Å². The minimum atomic E-state index is 0.519. The van der Waals surface area contributed by atoms with Crippen molar-refractivity contribution in [2.75, 3.05) is 13.7 Å². The van der Waals surface area contributed by atoms with Crippen LogP contribution in [0.25, 0.3) is 10.9 Å². The SMILES string of the molecule is COc1ccc2[nH]cc([C@H]3CCN3)c2c1. The molecule has 0 amide bonds. The van der Waals surface area contributed by atoms with E-state index in [1.165, 1.54) is 22.9 Å². The van der Waals surface area contributed by atoms with Gasteiger partial charge in [0.1, 0.15) is 5.75 Å². The highest BCUT2D eigenvalue weighted by molar-refractivity contribution is 5.85. The third-order valence-corrected chi connectivity index (χ3v) is 3.12. The fourth-order valence-electron chi connectivity index (χ4n) is 2.09. The fraction of sp³-hybridized carbons (Fsp3) is 0.333. The van der Waals surface area contributed by atoms with Crippen molar-refractivity contribution >= 4 is 10.9 Å². The third-order valence-electron chi connectivity index (χ3n) is 3.12. The maximum absolute atomic E-state index is 5.24. The summed E-state index contributed by atoms with van der Waals surface area (Å²) in [6, 6.07) is 6.67. The van der Waals surface area contributed by atoms with Gasteiger partial charge in [-0.25, -0.2) is 0 Å². The second kappa shape index (κ2) is 3.28. The zero-order chi connectivity index (χ0) is 10.3. The van der Waals surface area contributed by atoms with Crippen molar-refractivity contribution in [1.82, 2.24) is 10.3 Å². The Morgan fingerprint density at radius 3 is 2.93 bits per heavy atom. The topological polar surface area (TPSA) is 37.0 Å². The summed E-state index contributed by atoms with van der Waals surface area (Å²) in [7, 11) is 1.70. The maximum Gasteiger partial charge on any atom is 0.119 e. The predicted octanol–water partition coefficient (Wildman–Crippen LogP) is 2.21. The van der Waals surface area contributed by atoms with Crippen LogP contribution in [0.15, 0.2) is 24.4 Å². The summed E-state index contributed by atoms with van der Waals surface area (Å²) in [4.78, 5) is 3.29. The van der Waals surface area contributed by atoms with E-state index in [9.17, 15) is 0 Å². The van der Waals surface area contributed by atoms with Gasteiger partial charge in [-0.3, -0.25) is 0 Å². The van der Waals surface area contributed by atoms with E-state index in [0.29, 0.717) is 6.04 Å². The number of hydrogen-bond acceptors (Lipinski definition) is 2. The van der Waals surface area contributed by atoms with Crippen molar-refractivity contribution in [1.29, 1.82) is 0 Å². The largest absolute Gasteiger partial charge is 0.497 e.